The first kappa shape index (κ1) is 18.1. The highest BCUT2D eigenvalue weighted by atomic mass is 32.2. The second-order valence-corrected chi connectivity index (χ2v) is 8.97. The number of rotatable bonds is 5. The average Bonchev–Trinajstić information content (AvgIpc) is 2.99. The summed E-state index contributed by atoms with van der Waals surface area (Å²) in [6.07, 6.45) is 3.93. The maximum absolute atomic E-state index is 12.7. The van der Waals surface area contributed by atoms with E-state index in [4.69, 9.17) is 4.74 Å². The van der Waals surface area contributed by atoms with E-state index in [0.29, 0.717) is 18.7 Å². The van der Waals surface area contributed by atoms with Crippen molar-refractivity contribution in [2.45, 2.75) is 37.2 Å². The van der Waals surface area contributed by atoms with Gasteiger partial charge < -0.3 is 4.74 Å². The summed E-state index contributed by atoms with van der Waals surface area (Å²) in [6.45, 7) is 1.35. The zero-order chi connectivity index (χ0) is 17.7. The lowest BCUT2D eigenvalue weighted by molar-refractivity contribution is 0.0476. The third-order valence-corrected chi connectivity index (χ3v) is 6.98. The van der Waals surface area contributed by atoms with Crippen LogP contribution in [0.25, 0.3) is 0 Å². The van der Waals surface area contributed by atoms with Gasteiger partial charge in [0, 0.05) is 18.0 Å². The number of benzene rings is 1. The number of sulfonamides is 1. The minimum absolute atomic E-state index is 0.226. The number of ether oxygens (including phenoxy) is 1. The first-order chi connectivity index (χ1) is 12.1. The van der Waals surface area contributed by atoms with Gasteiger partial charge in [-0.05, 0) is 48.6 Å². The van der Waals surface area contributed by atoms with E-state index in [0.717, 1.165) is 30.6 Å². The fraction of sp³-hybridized carbons (Fsp3) is 0.389. The summed E-state index contributed by atoms with van der Waals surface area (Å²) in [6, 6.07) is 9.80. The Bertz CT molecular complexity index is 790. The van der Waals surface area contributed by atoms with E-state index in [2.05, 4.69) is 0 Å². The van der Waals surface area contributed by atoms with E-state index in [9.17, 15) is 13.2 Å². The third-order valence-electron chi connectivity index (χ3n) is 4.22. The van der Waals surface area contributed by atoms with E-state index in [1.165, 1.54) is 35.6 Å². The quantitative estimate of drug-likeness (QED) is 0.744. The second-order valence-electron chi connectivity index (χ2n) is 6.00. The highest BCUT2D eigenvalue weighted by Crippen LogP contribution is 2.21. The predicted molar refractivity (Wildman–Crippen MR) is 97.1 cm³/mol. The summed E-state index contributed by atoms with van der Waals surface area (Å²) in [5.74, 6) is -0.452. The van der Waals surface area contributed by atoms with Crippen molar-refractivity contribution in [3.63, 3.8) is 0 Å². The molecule has 0 unspecified atom stereocenters. The Labute approximate surface area is 152 Å². The Morgan fingerprint density at radius 1 is 1.04 bits per heavy atom. The molecular weight excluding hydrogens is 358 g/mol. The minimum atomic E-state index is -3.49. The molecule has 5 nitrogen and oxygen atoms in total. The number of nitrogens with zero attached hydrogens (tertiary/aromatic N) is 1. The molecule has 2 aromatic rings. The van der Waals surface area contributed by atoms with Gasteiger partial charge >= 0.3 is 5.97 Å². The second kappa shape index (κ2) is 8.12. The molecule has 0 N–H and O–H groups in total. The fourth-order valence-electron chi connectivity index (χ4n) is 2.81. The summed E-state index contributed by atoms with van der Waals surface area (Å²) in [5.41, 5.74) is 0.353. The number of carbonyl (C=O) groups is 1. The maximum Gasteiger partial charge on any atom is 0.338 e. The smallest absolute Gasteiger partial charge is 0.338 e. The Morgan fingerprint density at radius 2 is 1.72 bits per heavy atom. The highest BCUT2D eigenvalue weighted by molar-refractivity contribution is 7.89. The molecule has 0 aliphatic carbocycles. The Morgan fingerprint density at radius 3 is 2.32 bits per heavy atom. The van der Waals surface area contributed by atoms with Gasteiger partial charge in [-0.2, -0.15) is 4.31 Å². The van der Waals surface area contributed by atoms with Crippen molar-refractivity contribution in [2.24, 2.45) is 0 Å². The van der Waals surface area contributed by atoms with Crippen LogP contribution in [-0.4, -0.2) is 31.8 Å². The molecular formula is C18H21NO4S2. The molecule has 0 bridgehead atoms. The molecule has 1 fully saturated rings. The number of esters is 1. The summed E-state index contributed by atoms with van der Waals surface area (Å²) >= 11 is 1.52. The van der Waals surface area contributed by atoms with E-state index in [1.807, 2.05) is 17.5 Å². The average molecular weight is 380 g/mol. The van der Waals surface area contributed by atoms with Crippen molar-refractivity contribution in [3.8, 4) is 0 Å². The van der Waals surface area contributed by atoms with Crippen molar-refractivity contribution >= 4 is 27.3 Å². The molecule has 0 atom stereocenters. The van der Waals surface area contributed by atoms with Gasteiger partial charge in [0.15, 0.2) is 0 Å². The number of hydrogen-bond acceptors (Lipinski definition) is 5. The molecule has 134 valence electrons. The fourth-order valence-corrected chi connectivity index (χ4v) is 4.94. The molecule has 1 saturated heterocycles. The van der Waals surface area contributed by atoms with Crippen molar-refractivity contribution < 1.29 is 17.9 Å². The van der Waals surface area contributed by atoms with Crippen LogP contribution in [0.2, 0.25) is 0 Å². The first-order valence-corrected chi connectivity index (χ1v) is 10.7. The van der Waals surface area contributed by atoms with Gasteiger partial charge in [0.25, 0.3) is 0 Å². The van der Waals surface area contributed by atoms with E-state index >= 15 is 0 Å². The van der Waals surface area contributed by atoms with Gasteiger partial charge in [-0.3, -0.25) is 0 Å². The van der Waals surface area contributed by atoms with E-state index in [-0.39, 0.29) is 11.5 Å². The van der Waals surface area contributed by atoms with Gasteiger partial charge in [0.1, 0.15) is 6.61 Å². The van der Waals surface area contributed by atoms with Crippen molar-refractivity contribution in [1.82, 2.24) is 4.31 Å². The molecule has 25 heavy (non-hydrogen) atoms. The zero-order valence-corrected chi connectivity index (χ0v) is 15.5. The molecule has 0 amide bonds. The van der Waals surface area contributed by atoms with Crippen LogP contribution in [0.1, 0.15) is 40.9 Å². The third kappa shape index (κ3) is 4.48. The van der Waals surface area contributed by atoms with Crippen molar-refractivity contribution in [1.29, 1.82) is 0 Å². The number of thiophene rings is 1. The molecule has 0 radical (unpaired) electrons. The van der Waals surface area contributed by atoms with E-state index in [1.54, 1.807) is 4.31 Å². The normalized spacial score (nSPS) is 16.3. The highest BCUT2D eigenvalue weighted by Gasteiger charge is 2.25. The summed E-state index contributed by atoms with van der Waals surface area (Å²) in [4.78, 5) is 13.3. The molecule has 3 rings (SSSR count). The lowest BCUT2D eigenvalue weighted by atomic mass is 10.2. The van der Waals surface area contributed by atoms with Crippen LogP contribution in [-0.2, 0) is 21.4 Å². The lowest BCUT2D eigenvalue weighted by Gasteiger charge is -2.19. The van der Waals surface area contributed by atoms with Gasteiger partial charge in [-0.1, -0.05) is 18.9 Å². The molecule has 1 aliphatic heterocycles. The Kier molecular flexibility index (Phi) is 5.88. The maximum atomic E-state index is 12.7. The van der Waals surface area contributed by atoms with E-state index < -0.39 is 16.0 Å². The standard InChI is InChI=1S/C18H21NO4S2/c20-18(23-14-16-6-5-13-24-16)15-7-9-17(10-8-15)25(21,22)19-11-3-1-2-4-12-19/h5-10,13H,1-4,11-12,14H2. The van der Waals surface area contributed by atoms with Gasteiger partial charge in [0.05, 0.1) is 10.5 Å². The molecule has 7 heteroatoms. The van der Waals surface area contributed by atoms with Crippen LogP contribution in [0.5, 0.6) is 0 Å². The molecule has 1 aliphatic rings. The summed E-state index contributed by atoms with van der Waals surface area (Å²) < 4.78 is 32.2. The number of hydrogen-bond donors (Lipinski definition) is 0. The van der Waals surface area contributed by atoms with Gasteiger partial charge in [-0.15, -0.1) is 11.3 Å². The predicted octanol–water partition coefficient (Wildman–Crippen LogP) is 3.67. The Balaban J connectivity index is 1.67. The van der Waals surface area contributed by atoms with Crippen molar-refractivity contribution in [2.75, 3.05) is 13.1 Å². The molecule has 1 aromatic carbocycles. The first-order valence-electron chi connectivity index (χ1n) is 8.37. The molecule has 2 heterocycles. The zero-order valence-electron chi connectivity index (χ0n) is 13.9. The molecule has 0 saturated carbocycles. The van der Waals surface area contributed by atoms with Gasteiger partial charge in [0.2, 0.25) is 10.0 Å². The van der Waals surface area contributed by atoms with Crippen LogP contribution < -0.4 is 0 Å². The van der Waals surface area contributed by atoms with Crippen LogP contribution >= 0.6 is 11.3 Å². The topological polar surface area (TPSA) is 63.7 Å². The lowest BCUT2D eigenvalue weighted by Crippen LogP contribution is -2.31. The van der Waals surface area contributed by atoms with Crippen molar-refractivity contribution in [3.05, 3.63) is 52.2 Å². The molecule has 0 spiro atoms. The summed E-state index contributed by atoms with van der Waals surface area (Å²) in [5, 5.41) is 1.92. The van der Waals surface area contributed by atoms with Crippen LogP contribution in [0.3, 0.4) is 0 Å². The Hall–Kier alpha value is -1.70. The SMILES string of the molecule is O=C(OCc1cccs1)c1ccc(S(=O)(=O)N2CCCCCC2)cc1. The largest absolute Gasteiger partial charge is 0.456 e. The van der Waals surface area contributed by atoms with Crippen LogP contribution in [0.4, 0.5) is 0 Å². The minimum Gasteiger partial charge on any atom is -0.456 e. The number of carbonyl (C=O) groups excluding carboxylic acids is 1. The summed E-state index contributed by atoms with van der Waals surface area (Å²) in [7, 11) is -3.49. The van der Waals surface area contributed by atoms with Gasteiger partial charge in [-0.25, -0.2) is 13.2 Å². The molecule has 1 aromatic heterocycles. The van der Waals surface area contributed by atoms with Crippen LogP contribution in [0.15, 0.2) is 46.7 Å². The monoisotopic (exact) mass is 379 g/mol. The van der Waals surface area contributed by atoms with Crippen LogP contribution in [0, 0.1) is 0 Å².